The maximum atomic E-state index is 13.7. The van der Waals surface area contributed by atoms with Crippen LogP contribution >= 0.6 is 11.6 Å². The molecule has 3 aromatic rings. The van der Waals surface area contributed by atoms with E-state index >= 15 is 0 Å². The molecule has 0 fully saturated rings. The van der Waals surface area contributed by atoms with E-state index in [9.17, 15) is 13.6 Å². The number of amides is 1. The van der Waals surface area contributed by atoms with Crippen molar-refractivity contribution in [2.24, 2.45) is 0 Å². The fourth-order valence-electron chi connectivity index (χ4n) is 2.50. The van der Waals surface area contributed by atoms with Gasteiger partial charge in [-0.15, -0.1) is 0 Å². The maximum Gasteiger partial charge on any atom is 0.274 e. The Hall–Kier alpha value is -2.99. The molecule has 0 spiro atoms. The minimum atomic E-state index is -0.848. The minimum absolute atomic E-state index is 0.0467. The van der Waals surface area contributed by atoms with Gasteiger partial charge in [0.1, 0.15) is 23.0 Å². The van der Waals surface area contributed by atoms with Gasteiger partial charge in [-0.1, -0.05) is 29.8 Å². The van der Waals surface area contributed by atoms with Gasteiger partial charge in [0, 0.05) is 23.5 Å². The van der Waals surface area contributed by atoms with E-state index in [0.717, 1.165) is 24.1 Å². The lowest BCUT2D eigenvalue weighted by atomic mass is 10.1. The fourth-order valence-corrected chi connectivity index (χ4v) is 2.72. The van der Waals surface area contributed by atoms with Crippen LogP contribution in [-0.2, 0) is 6.42 Å². The summed E-state index contributed by atoms with van der Waals surface area (Å²) in [5.41, 5.74) is 1.30. The van der Waals surface area contributed by atoms with Crippen LogP contribution in [0.2, 0.25) is 5.02 Å². The van der Waals surface area contributed by atoms with Gasteiger partial charge in [0.25, 0.3) is 5.91 Å². The summed E-state index contributed by atoms with van der Waals surface area (Å²) in [4.78, 5) is 16.2. The molecular formula is C20H16ClF2N3O. The number of para-hydroxylation sites is 1. The Bertz CT molecular complexity index is 945. The molecule has 0 aliphatic heterocycles. The van der Waals surface area contributed by atoms with Crippen LogP contribution in [0.5, 0.6) is 0 Å². The first-order valence-corrected chi connectivity index (χ1v) is 8.60. The van der Waals surface area contributed by atoms with Crippen molar-refractivity contribution in [1.82, 2.24) is 4.98 Å². The van der Waals surface area contributed by atoms with Crippen LogP contribution in [0.25, 0.3) is 0 Å². The second-order valence-corrected chi connectivity index (χ2v) is 6.22. The van der Waals surface area contributed by atoms with Crippen molar-refractivity contribution in [2.45, 2.75) is 6.42 Å². The average Bonchev–Trinajstić information content (AvgIpc) is 2.65. The highest BCUT2D eigenvalue weighted by molar-refractivity contribution is 6.30. The van der Waals surface area contributed by atoms with E-state index in [1.165, 1.54) is 18.3 Å². The molecule has 27 heavy (non-hydrogen) atoms. The molecule has 0 bridgehead atoms. The van der Waals surface area contributed by atoms with Crippen LogP contribution in [-0.4, -0.2) is 17.4 Å². The summed E-state index contributed by atoms with van der Waals surface area (Å²) in [5.74, 6) is -2.39. The zero-order chi connectivity index (χ0) is 19.2. The number of hydrogen-bond donors (Lipinski definition) is 2. The summed E-state index contributed by atoms with van der Waals surface area (Å²) >= 11 is 5.96. The molecule has 7 heteroatoms. The summed E-state index contributed by atoms with van der Waals surface area (Å²) in [7, 11) is 0. The van der Waals surface area contributed by atoms with Crippen molar-refractivity contribution in [1.29, 1.82) is 0 Å². The number of aromatic nitrogens is 1. The third-order valence-electron chi connectivity index (χ3n) is 3.83. The van der Waals surface area contributed by atoms with Gasteiger partial charge in [0.05, 0.1) is 0 Å². The average molecular weight is 388 g/mol. The number of pyridine rings is 1. The second kappa shape index (κ2) is 8.60. The quantitative estimate of drug-likeness (QED) is 0.631. The largest absolute Gasteiger partial charge is 0.385 e. The lowest BCUT2D eigenvalue weighted by molar-refractivity contribution is 0.102. The first-order chi connectivity index (χ1) is 13.0. The molecule has 0 saturated heterocycles. The monoisotopic (exact) mass is 387 g/mol. The van der Waals surface area contributed by atoms with E-state index in [0.29, 0.717) is 17.3 Å². The van der Waals surface area contributed by atoms with Gasteiger partial charge in [-0.25, -0.2) is 8.78 Å². The summed E-state index contributed by atoms with van der Waals surface area (Å²) in [6.07, 6.45) is 2.19. The molecule has 4 nitrogen and oxygen atoms in total. The molecule has 0 radical (unpaired) electrons. The number of carbonyl (C=O) groups is 1. The van der Waals surface area contributed by atoms with Gasteiger partial charge in [-0.3, -0.25) is 9.78 Å². The Balaban J connectivity index is 1.63. The molecule has 1 heterocycles. The summed E-state index contributed by atoms with van der Waals surface area (Å²) in [5, 5.41) is 6.08. The van der Waals surface area contributed by atoms with Crippen molar-refractivity contribution in [3.8, 4) is 0 Å². The summed E-state index contributed by atoms with van der Waals surface area (Å²) < 4.78 is 27.3. The van der Waals surface area contributed by atoms with Crippen LogP contribution < -0.4 is 10.6 Å². The summed E-state index contributed by atoms with van der Waals surface area (Å²) in [6, 6.07) is 14.1. The van der Waals surface area contributed by atoms with Crippen LogP contribution in [0.15, 0.2) is 60.8 Å². The molecule has 0 aliphatic carbocycles. The van der Waals surface area contributed by atoms with Gasteiger partial charge in [0.2, 0.25) is 0 Å². The van der Waals surface area contributed by atoms with Gasteiger partial charge >= 0.3 is 0 Å². The van der Waals surface area contributed by atoms with Gasteiger partial charge in [-0.2, -0.15) is 0 Å². The molecule has 3 rings (SSSR count). The highest BCUT2D eigenvalue weighted by atomic mass is 35.5. The highest BCUT2D eigenvalue weighted by Gasteiger charge is 2.14. The Morgan fingerprint density at radius 2 is 1.78 bits per heavy atom. The fraction of sp³-hybridized carbons (Fsp3) is 0.100. The normalized spacial score (nSPS) is 10.5. The molecule has 0 saturated carbocycles. The van der Waals surface area contributed by atoms with Crippen molar-refractivity contribution in [2.75, 3.05) is 17.2 Å². The zero-order valence-electron chi connectivity index (χ0n) is 14.2. The van der Waals surface area contributed by atoms with E-state index in [-0.39, 0.29) is 5.69 Å². The zero-order valence-corrected chi connectivity index (χ0v) is 14.9. The Labute approximate surface area is 160 Å². The molecule has 1 aromatic heterocycles. The van der Waals surface area contributed by atoms with E-state index in [1.807, 2.05) is 24.3 Å². The predicted molar refractivity (Wildman–Crippen MR) is 102 cm³/mol. The number of carbonyl (C=O) groups excluding carboxylic acids is 1. The molecule has 2 N–H and O–H groups in total. The summed E-state index contributed by atoms with van der Waals surface area (Å²) in [6.45, 7) is 0.618. The number of nitrogens with one attached hydrogen (secondary N) is 2. The first kappa shape index (κ1) is 18.8. The predicted octanol–water partition coefficient (Wildman–Crippen LogP) is 4.92. The van der Waals surface area contributed by atoms with Crippen molar-refractivity contribution in [3.63, 3.8) is 0 Å². The van der Waals surface area contributed by atoms with Gasteiger partial charge < -0.3 is 10.6 Å². The minimum Gasteiger partial charge on any atom is -0.385 e. The standard InChI is InChI=1S/C20H16ClF2N3O/c21-14-4-1-3-13(11-14)7-9-24-15-8-10-25-18(12-15)20(27)26-19-16(22)5-2-6-17(19)23/h1-6,8,10-12H,7,9H2,(H,24,25)(H,26,27). The van der Waals surface area contributed by atoms with E-state index < -0.39 is 23.2 Å². The molecular weight excluding hydrogens is 372 g/mol. The van der Waals surface area contributed by atoms with Crippen molar-refractivity contribution < 1.29 is 13.6 Å². The number of anilines is 2. The molecule has 138 valence electrons. The van der Waals surface area contributed by atoms with Crippen LogP contribution in [0.4, 0.5) is 20.2 Å². The second-order valence-electron chi connectivity index (χ2n) is 5.79. The van der Waals surface area contributed by atoms with Crippen LogP contribution in [0.1, 0.15) is 16.1 Å². The van der Waals surface area contributed by atoms with Gasteiger partial charge in [-0.05, 0) is 48.4 Å². The molecule has 0 atom stereocenters. The Morgan fingerprint density at radius 1 is 1.04 bits per heavy atom. The van der Waals surface area contributed by atoms with Crippen LogP contribution in [0.3, 0.4) is 0 Å². The lowest BCUT2D eigenvalue weighted by Gasteiger charge is -2.10. The van der Waals surface area contributed by atoms with E-state index in [4.69, 9.17) is 11.6 Å². The molecule has 1 amide bonds. The molecule has 2 aromatic carbocycles. The van der Waals surface area contributed by atoms with E-state index in [2.05, 4.69) is 15.6 Å². The number of halogens is 3. The molecule has 0 unspecified atom stereocenters. The van der Waals surface area contributed by atoms with Crippen molar-refractivity contribution in [3.05, 3.63) is 88.7 Å². The number of rotatable bonds is 6. The number of nitrogens with zero attached hydrogens (tertiary/aromatic N) is 1. The number of benzene rings is 2. The van der Waals surface area contributed by atoms with Crippen LogP contribution in [0, 0.1) is 11.6 Å². The first-order valence-electron chi connectivity index (χ1n) is 8.22. The maximum absolute atomic E-state index is 13.7. The lowest BCUT2D eigenvalue weighted by Crippen LogP contribution is -2.16. The SMILES string of the molecule is O=C(Nc1c(F)cccc1F)c1cc(NCCc2cccc(Cl)c2)ccn1. The van der Waals surface area contributed by atoms with Crippen molar-refractivity contribution >= 4 is 28.9 Å². The Kier molecular flexibility index (Phi) is 5.98. The van der Waals surface area contributed by atoms with Gasteiger partial charge in [0.15, 0.2) is 0 Å². The topological polar surface area (TPSA) is 54.0 Å². The number of hydrogen-bond acceptors (Lipinski definition) is 3. The smallest absolute Gasteiger partial charge is 0.274 e. The molecule has 0 aliphatic rings. The third kappa shape index (κ3) is 5.01. The highest BCUT2D eigenvalue weighted by Crippen LogP contribution is 2.19. The Morgan fingerprint density at radius 3 is 2.52 bits per heavy atom. The third-order valence-corrected chi connectivity index (χ3v) is 4.06. The van der Waals surface area contributed by atoms with E-state index in [1.54, 1.807) is 6.07 Å².